The van der Waals surface area contributed by atoms with E-state index in [4.69, 9.17) is 4.74 Å². The van der Waals surface area contributed by atoms with Crippen molar-refractivity contribution in [1.29, 1.82) is 0 Å². The van der Waals surface area contributed by atoms with Crippen LogP contribution in [-0.4, -0.2) is 25.9 Å². The lowest BCUT2D eigenvalue weighted by Crippen LogP contribution is -2.27. The molecule has 1 atom stereocenters. The Morgan fingerprint density at radius 3 is 2.39 bits per heavy atom. The monoisotopic (exact) mass is 325 g/mol. The molecule has 0 heterocycles. The van der Waals surface area contributed by atoms with Gasteiger partial charge in [0.05, 0.1) is 12.6 Å². The molecule has 0 radical (unpaired) electrons. The number of rotatable bonds is 6. The first-order chi connectivity index (χ1) is 8.42. The molecule has 0 saturated heterocycles. The Hall–Kier alpha value is -0.590. The highest BCUT2D eigenvalue weighted by Gasteiger charge is 2.28. The van der Waals surface area contributed by atoms with Crippen LogP contribution in [0.2, 0.25) is 0 Å². The molecule has 0 aliphatic carbocycles. The summed E-state index contributed by atoms with van der Waals surface area (Å²) in [5.41, 5.74) is 0.905. The number of hydrogen-bond donors (Lipinski definition) is 1. The minimum atomic E-state index is -4.28. The van der Waals surface area contributed by atoms with Gasteiger partial charge in [-0.3, -0.25) is 0 Å². The van der Waals surface area contributed by atoms with E-state index >= 15 is 0 Å². The van der Waals surface area contributed by atoms with E-state index in [1.165, 1.54) is 0 Å². The van der Waals surface area contributed by atoms with Gasteiger partial charge in [0.15, 0.2) is 0 Å². The van der Waals surface area contributed by atoms with Crippen LogP contribution in [0.1, 0.15) is 18.5 Å². The van der Waals surface area contributed by atoms with Gasteiger partial charge < -0.3 is 10.1 Å². The van der Waals surface area contributed by atoms with Crippen molar-refractivity contribution >= 4 is 15.9 Å². The van der Waals surface area contributed by atoms with Crippen molar-refractivity contribution in [2.45, 2.75) is 19.1 Å². The fourth-order valence-electron chi connectivity index (χ4n) is 1.51. The Labute approximate surface area is 113 Å². The summed E-state index contributed by atoms with van der Waals surface area (Å²) in [6.45, 7) is 1.34. The van der Waals surface area contributed by atoms with E-state index in [1.54, 1.807) is 0 Å². The van der Waals surface area contributed by atoms with Crippen molar-refractivity contribution in [3.8, 4) is 0 Å². The Bertz CT molecular complexity index is 353. The Kier molecular flexibility index (Phi) is 6.11. The normalized spacial score (nSPS) is 13.6. The van der Waals surface area contributed by atoms with Gasteiger partial charge in [0.1, 0.15) is 6.61 Å². The molecule has 1 rings (SSSR count). The van der Waals surface area contributed by atoms with Gasteiger partial charge in [0.25, 0.3) is 0 Å². The molecule has 1 aromatic carbocycles. The van der Waals surface area contributed by atoms with E-state index in [2.05, 4.69) is 21.2 Å². The molecule has 0 amide bonds. The van der Waals surface area contributed by atoms with Crippen LogP contribution in [0.5, 0.6) is 0 Å². The van der Waals surface area contributed by atoms with E-state index in [-0.39, 0.29) is 12.6 Å². The van der Waals surface area contributed by atoms with Gasteiger partial charge in [-0.15, -0.1) is 0 Å². The van der Waals surface area contributed by atoms with E-state index in [0.717, 1.165) is 10.0 Å². The zero-order chi connectivity index (χ0) is 13.6. The summed E-state index contributed by atoms with van der Waals surface area (Å²) in [4.78, 5) is 0. The minimum Gasteiger partial charge on any atom is -0.370 e. The van der Waals surface area contributed by atoms with Gasteiger partial charge >= 0.3 is 6.18 Å². The van der Waals surface area contributed by atoms with Crippen LogP contribution in [0.4, 0.5) is 13.2 Å². The first kappa shape index (κ1) is 15.5. The molecule has 0 fully saturated rings. The van der Waals surface area contributed by atoms with E-state index in [0.29, 0.717) is 6.54 Å². The molecule has 0 aliphatic heterocycles. The lowest BCUT2D eigenvalue weighted by molar-refractivity contribution is -0.175. The third kappa shape index (κ3) is 5.84. The molecular weight excluding hydrogens is 311 g/mol. The highest BCUT2D eigenvalue weighted by Crippen LogP contribution is 2.19. The van der Waals surface area contributed by atoms with Crippen LogP contribution >= 0.6 is 15.9 Å². The predicted molar refractivity (Wildman–Crippen MR) is 67.4 cm³/mol. The molecule has 0 aliphatic rings. The zero-order valence-corrected chi connectivity index (χ0v) is 11.5. The average molecular weight is 326 g/mol. The van der Waals surface area contributed by atoms with Gasteiger partial charge in [0.2, 0.25) is 0 Å². The number of likely N-dealkylation sites (N-methyl/N-ethyl adjacent to an activating group) is 1. The number of nitrogens with one attached hydrogen (secondary N) is 1. The molecule has 0 spiro atoms. The van der Waals surface area contributed by atoms with Crippen molar-refractivity contribution < 1.29 is 17.9 Å². The lowest BCUT2D eigenvalue weighted by atomic mass is 10.1. The van der Waals surface area contributed by atoms with Crippen LogP contribution in [0.25, 0.3) is 0 Å². The Morgan fingerprint density at radius 1 is 1.28 bits per heavy atom. The van der Waals surface area contributed by atoms with E-state index < -0.39 is 12.8 Å². The molecule has 0 saturated carbocycles. The first-order valence-electron chi connectivity index (χ1n) is 5.55. The van der Waals surface area contributed by atoms with Crippen LogP contribution in [0.3, 0.4) is 0 Å². The number of ether oxygens (including phenoxy) is 1. The van der Waals surface area contributed by atoms with E-state index in [9.17, 15) is 13.2 Å². The largest absolute Gasteiger partial charge is 0.411 e. The zero-order valence-electron chi connectivity index (χ0n) is 9.93. The molecule has 0 aromatic heterocycles. The Morgan fingerprint density at radius 2 is 1.89 bits per heavy atom. The number of hydrogen-bond acceptors (Lipinski definition) is 2. The van der Waals surface area contributed by atoms with Gasteiger partial charge in [-0.05, 0) is 24.2 Å². The molecule has 1 aromatic rings. The van der Waals surface area contributed by atoms with Gasteiger partial charge in [-0.1, -0.05) is 35.0 Å². The smallest absolute Gasteiger partial charge is 0.370 e. The van der Waals surface area contributed by atoms with Crippen molar-refractivity contribution in [3.05, 3.63) is 34.3 Å². The maximum atomic E-state index is 12.0. The van der Waals surface area contributed by atoms with Crippen molar-refractivity contribution in [2.75, 3.05) is 19.8 Å². The van der Waals surface area contributed by atoms with Gasteiger partial charge in [-0.2, -0.15) is 13.2 Å². The summed E-state index contributed by atoms with van der Waals surface area (Å²) in [6.07, 6.45) is -4.28. The lowest BCUT2D eigenvalue weighted by Gasteiger charge is -2.19. The van der Waals surface area contributed by atoms with Crippen LogP contribution in [0.15, 0.2) is 28.7 Å². The number of benzene rings is 1. The molecule has 1 N–H and O–H groups in total. The fourth-order valence-corrected chi connectivity index (χ4v) is 1.77. The predicted octanol–water partition coefficient (Wildman–Crippen LogP) is 3.68. The summed E-state index contributed by atoms with van der Waals surface area (Å²) in [5, 5.41) is 3.10. The second kappa shape index (κ2) is 7.11. The second-order valence-corrected chi connectivity index (χ2v) is 4.71. The minimum absolute atomic E-state index is 0.00498. The molecule has 18 heavy (non-hydrogen) atoms. The molecule has 6 heteroatoms. The summed E-state index contributed by atoms with van der Waals surface area (Å²) in [7, 11) is 0. The summed E-state index contributed by atoms with van der Waals surface area (Å²) in [5.74, 6) is 0. The van der Waals surface area contributed by atoms with Crippen molar-refractivity contribution in [3.63, 3.8) is 0 Å². The summed E-state index contributed by atoms with van der Waals surface area (Å²) < 4.78 is 41.6. The molecule has 102 valence electrons. The summed E-state index contributed by atoms with van der Waals surface area (Å²) in [6, 6.07) is 7.18. The molecule has 0 bridgehead atoms. The average Bonchev–Trinajstić information content (AvgIpc) is 2.27. The quantitative estimate of drug-likeness (QED) is 0.861. The standard InChI is InChI=1S/C12H15BrF3NO/c1-2-17-11(7-18-8-12(14,15)16)9-3-5-10(13)6-4-9/h3-6,11,17H,2,7-8H2,1H3. The molecular formula is C12H15BrF3NO. The topological polar surface area (TPSA) is 21.3 Å². The molecule has 1 unspecified atom stereocenters. The highest BCUT2D eigenvalue weighted by molar-refractivity contribution is 9.10. The van der Waals surface area contributed by atoms with Crippen molar-refractivity contribution in [2.24, 2.45) is 0 Å². The van der Waals surface area contributed by atoms with Gasteiger partial charge in [-0.25, -0.2) is 0 Å². The van der Waals surface area contributed by atoms with Gasteiger partial charge in [0, 0.05) is 4.47 Å². The van der Waals surface area contributed by atoms with Crippen molar-refractivity contribution in [1.82, 2.24) is 5.32 Å². The number of alkyl halides is 3. The summed E-state index contributed by atoms with van der Waals surface area (Å²) >= 11 is 3.31. The first-order valence-corrected chi connectivity index (χ1v) is 6.35. The van der Waals surface area contributed by atoms with E-state index in [1.807, 2.05) is 31.2 Å². The fraction of sp³-hybridized carbons (Fsp3) is 0.500. The Balaban J connectivity index is 2.57. The van der Waals surface area contributed by atoms with Crippen LogP contribution in [0, 0.1) is 0 Å². The third-order valence-electron chi connectivity index (χ3n) is 2.27. The van der Waals surface area contributed by atoms with Crippen LogP contribution in [-0.2, 0) is 4.74 Å². The maximum absolute atomic E-state index is 12.0. The second-order valence-electron chi connectivity index (χ2n) is 3.79. The molecule has 2 nitrogen and oxygen atoms in total. The third-order valence-corrected chi connectivity index (χ3v) is 2.80. The number of halogens is 4. The maximum Gasteiger partial charge on any atom is 0.411 e. The van der Waals surface area contributed by atoms with Crippen LogP contribution < -0.4 is 5.32 Å². The highest BCUT2D eigenvalue weighted by atomic mass is 79.9. The SMILES string of the molecule is CCNC(COCC(F)(F)F)c1ccc(Br)cc1.